The van der Waals surface area contributed by atoms with E-state index < -0.39 is 6.29 Å². The zero-order chi connectivity index (χ0) is 19.9. The van der Waals surface area contributed by atoms with Crippen molar-refractivity contribution in [1.82, 2.24) is 20.1 Å². The Morgan fingerprint density at radius 2 is 1.89 bits per heavy atom. The standard InChI is InChI=1S/C20H22N4O4/c1-27-19(28-2)12-22-18(25)13-24-20(26)16-8-4-3-7-15(16)17(23-24)10-14-6-5-9-21-11-14/h3-9,11,19H,10,12-13H2,1-2H3,(H,22,25). The second-order valence-corrected chi connectivity index (χ2v) is 6.20. The maximum atomic E-state index is 12.8. The van der Waals surface area contributed by atoms with Crippen LogP contribution in [0.1, 0.15) is 11.3 Å². The Kier molecular flexibility index (Phi) is 6.46. The highest BCUT2D eigenvalue weighted by Crippen LogP contribution is 2.16. The van der Waals surface area contributed by atoms with Crippen LogP contribution < -0.4 is 10.9 Å². The van der Waals surface area contributed by atoms with Gasteiger partial charge >= 0.3 is 0 Å². The van der Waals surface area contributed by atoms with Gasteiger partial charge in [0.2, 0.25) is 5.91 Å². The first-order chi connectivity index (χ1) is 13.6. The van der Waals surface area contributed by atoms with Gasteiger partial charge in [-0.05, 0) is 17.7 Å². The van der Waals surface area contributed by atoms with E-state index in [0.29, 0.717) is 17.5 Å². The van der Waals surface area contributed by atoms with Crippen LogP contribution >= 0.6 is 0 Å². The summed E-state index contributed by atoms with van der Waals surface area (Å²) in [7, 11) is 2.97. The van der Waals surface area contributed by atoms with Gasteiger partial charge in [0.05, 0.1) is 17.6 Å². The Bertz CT molecular complexity index is 1000. The van der Waals surface area contributed by atoms with Crippen molar-refractivity contribution in [3.63, 3.8) is 0 Å². The van der Waals surface area contributed by atoms with Gasteiger partial charge in [0.25, 0.3) is 5.56 Å². The monoisotopic (exact) mass is 382 g/mol. The van der Waals surface area contributed by atoms with Crippen LogP contribution in [0.2, 0.25) is 0 Å². The maximum Gasteiger partial charge on any atom is 0.275 e. The van der Waals surface area contributed by atoms with Crippen molar-refractivity contribution in [3.05, 3.63) is 70.4 Å². The van der Waals surface area contributed by atoms with Crippen LogP contribution in [0.3, 0.4) is 0 Å². The topological polar surface area (TPSA) is 95.3 Å². The molecule has 3 aromatic rings. The lowest BCUT2D eigenvalue weighted by Gasteiger charge is -2.15. The minimum atomic E-state index is -0.550. The molecule has 0 saturated heterocycles. The number of pyridine rings is 1. The minimum absolute atomic E-state index is 0.177. The molecule has 3 rings (SSSR count). The number of nitrogens with one attached hydrogen (secondary N) is 1. The molecular formula is C20H22N4O4. The maximum absolute atomic E-state index is 12.8. The highest BCUT2D eigenvalue weighted by Gasteiger charge is 2.14. The fraction of sp³-hybridized carbons (Fsp3) is 0.300. The van der Waals surface area contributed by atoms with E-state index in [0.717, 1.165) is 10.9 Å². The summed E-state index contributed by atoms with van der Waals surface area (Å²) in [6.45, 7) is -0.0133. The van der Waals surface area contributed by atoms with Gasteiger partial charge in [0.1, 0.15) is 6.54 Å². The van der Waals surface area contributed by atoms with Crippen LogP contribution in [0.4, 0.5) is 0 Å². The van der Waals surface area contributed by atoms with Crippen molar-refractivity contribution in [2.45, 2.75) is 19.3 Å². The zero-order valence-electron chi connectivity index (χ0n) is 15.8. The molecule has 0 fully saturated rings. The van der Waals surface area contributed by atoms with Gasteiger partial charge < -0.3 is 14.8 Å². The van der Waals surface area contributed by atoms with Crippen LogP contribution in [0, 0.1) is 0 Å². The van der Waals surface area contributed by atoms with Gasteiger partial charge in [-0.25, -0.2) is 4.68 Å². The molecule has 0 radical (unpaired) electrons. The molecule has 8 nitrogen and oxygen atoms in total. The molecule has 0 unspecified atom stereocenters. The molecule has 0 saturated carbocycles. The lowest BCUT2D eigenvalue weighted by molar-refractivity contribution is -0.128. The van der Waals surface area contributed by atoms with Crippen molar-refractivity contribution < 1.29 is 14.3 Å². The van der Waals surface area contributed by atoms with Gasteiger partial charge in [-0.15, -0.1) is 0 Å². The Morgan fingerprint density at radius 1 is 1.14 bits per heavy atom. The summed E-state index contributed by atoms with van der Waals surface area (Å²) in [4.78, 5) is 29.2. The predicted octanol–water partition coefficient (Wildman–Crippen LogP) is 1.12. The molecule has 1 N–H and O–H groups in total. The third-order valence-electron chi connectivity index (χ3n) is 4.32. The summed E-state index contributed by atoms with van der Waals surface area (Å²) < 4.78 is 11.3. The van der Waals surface area contributed by atoms with E-state index in [1.165, 1.54) is 18.9 Å². The summed E-state index contributed by atoms with van der Waals surface area (Å²) in [6.07, 6.45) is 3.42. The Morgan fingerprint density at radius 3 is 2.57 bits per heavy atom. The number of hydrogen-bond donors (Lipinski definition) is 1. The summed E-state index contributed by atoms with van der Waals surface area (Å²) in [5.74, 6) is -0.351. The Hall–Kier alpha value is -3.10. The Labute approximate surface area is 162 Å². The number of hydrogen-bond acceptors (Lipinski definition) is 6. The minimum Gasteiger partial charge on any atom is -0.354 e. The van der Waals surface area contributed by atoms with E-state index in [1.807, 2.05) is 24.3 Å². The normalized spacial score (nSPS) is 11.1. The van der Waals surface area contributed by atoms with Crippen LogP contribution in [-0.4, -0.2) is 47.7 Å². The number of aromatic nitrogens is 3. The number of carbonyl (C=O) groups excluding carboxylic acids is 1. The zero-order valence-corrected chi connectivity index (χ0v) is 15.8. The van der Waals surface area contributed by atoms with Crippen molar-refractivity contribution in [2.75, 3.05) is 20.8 Å². The fourth-order valence-corrected chi connectivity index (χ4v) is 2.89. The number of ether oxygens (including phenoxy) is 2. The van der Waals surface area contributed by atoms with Crippen molar-refractivity contribution in [2.24, 2.45) is 0 Å². The fourth-order valence-electron chi connectivity index (χ4n) is 2.89. The van der Waals surface area contributed by atoms with Crippen molar-refractivity contribution in [3.8, 4) is 0 Å². The number of benzene rings is 1. The van der Waals surface area contributed by atoms with Gasteiger partial charge in [-0.2, -0.15) is 5.10 Å². The number of carbonyl (C=O) groups is 1. The predicted molar refractivity (Wildman–Crippen MR) is 104 cm³/mol. The average Bonchev–Trinajstić information content (AvgIpc) is 2.73. The highest BCUT2D eigenvalue weighted by molar-refractivity contribution is 5.84. The second kappa shape index (κ2) is 9.20. The first-order valence-electron chi connectivity index (χ1n) is 8.82. The van der Waals surface area contributed by atoms with E-state index in [4.69, 9.17) is 9.47 Å². The molecule has 0 spiro atoms. The molecule has 0 aliphatic rings. The lowest BCUT2D eigenvalue weighted by atomic mass is 10.1. The number of amides is 1. The summed E-state index contributed by atoms with van der Waals surface area (Å²) in [5.41, 5.74) is 1.37. The molecule has 146 valence electrons. The third-order valence-corrected chi connectivity index (χ3v) is 4.32. The first-order valence-corrected chi connectivity index (χ1v) is 8.82. The quantitative estimate of drug-likeness (QED) is 0.587. The molecule has 0 atom stereocenters. The Balaban J connectivity index is 1.89. The first kappa shape index (κ1) is 19.7. The second-order valence-electron chi connectivity index (χ2n) is 6.20. The smallest absolute Gasteiger partial charge is 0.275 e. The molecule has 1 amide bonds. The number of rotatable bonds is 8. The van der Waals surface area contributed by atoms with Crippen molar-refractivity contribution in [1.29, 1.82) is 0 Å². The average molecular weight is 382 g/mol. The van der Waals surface area contributed by atoms with Gasteiger partial charge in [-0.3, -0.25) is 14.6 Å². The number of fused-ring (bicyclic) bond motifs is 1. The largest absolute Gasteiger partial charge is 0.354 e. The molecule has 8 heteroatoms. The van der Waals surface area contributed by atoms with E-state index in [2.05, 4.69) is 15.4 Å². The van der Waals surface area contributed by atoms with Crippen LogP contribution in [0.25, 0.3) is 10.8 Å². The molecule has 28 heavy (non-hydrogen) atoms. The third kappa shape index (κ3) is 4.59. The molecule has 0 bridgehead atoms. The van der Waals surface area contributed by atoms with E-state index >= 15 is 0 Å². The van der Waals surface area contributed by atoms with E-state index in [1.54, 1.807) is 24.5 Å². The summed E-state index contributed by atoms with van der Waals surface area (Å²) in [5, 5.41) is 8.43. The molecule has 0 aliphatic carbocycles. The lowest BCUT2D eigenvalue weighted by Crippen LogP contribution is -2.38. The van der Waals surface area contributed by atoms with E-state index in [9.17, 15) is 9.59 Å². The van der Waals surface area contributed by atoms with Gasteiger partial charge in [-0.1, -0.05) is 24.3 Å². The molecule has 0 aliphatic heterocycles. The molecule has 1 aromatic carbocycles. The number of methoxy groups -OCH3 is 2. The van der Waals surface area contributed by atoms with E-state index in [-0.39, 0.29) is 24.6 Å². The molecule has 2 aromatic heterocycles. The highest BCUT2D eigenvalue weighted by atomic mass is 16.7. The summed E-state index contributed by atoms with van der Waals surface area (Å²) in [6, 6.07) is 11.1. The van der Waals surface area contributed by atoms with Gasteiger partial charge in [0, 0.05) is 38.4 Å². The van der Waals surface area contributed by atoms with Gasteiger partial charge in [0.15, 0.2) is 6.29 Å². The van der Waals surface area contributed by atoms with Crippen LogP contribution in [0.15, 0.2) is 53.6 Å². The van der Waals surface area contributed by atoms with Crippen LogP contribution in [-0.2, 0) is 27.2 Å². The van der Waals surface area contributed by atoms with Crippen molar-refractivity contribution >= 4 is 16.7 Å². The summed E-state index contributed by atoms with van der Waals surface area (Å²) >= 11 is 0. The molecule has 2 heterocycles. The SMILES string of the molecule is COC(CNC(=O)Cn1nc(Cc2cccnc2)c2ccccc2c1=O)OC. The number of nitrogens with zero attached hydrogens (tertiary/aromatic N) is 3. The van der Waals surface area contributed by atoms with Crippen LogP contribution in [0.5, 0.6) is 0 Å². The molecular weight excluding hydrogens is 360 g/mol.